The van der Waals surface area contributed by atoms with Crippen LogP contribution >= 0.6 is 0 Å². The molecule has 4 aromatic heterocycles. The normalized spacial score (nSPS) is 9.25. The van der Waals surface area contributed by atoms with Gasteiger partial charge in [0.05, 0.1) is 11.4 Å². The summed E-state index contributed by atoms with van der Waals surface area (Å²) in [6.07, 6.45) is 8.58. The van der Waals surface area contributed by atoms with Crippen molar-refractivity contribution in [1.82, 2.24) is 39.9 Å². The van der Waals surface area contributed by atoms with Gasteiger partial charge in [-0.3, -0.25) is 9.97 Å². The summed E-state index contributed by atoms with van der Waals surface area (Å²) in [4.78, 5) is 31.9. The first-order chi connectivity index (χ1) is 15.2. The highest BCUT2D eigenvalue weighted by Gasteiger charge is 1.85. The molecule has 0 radical (unpaired) electrons. The fourth-order valence-corrected chi connectivity index (χ4v) is 2.33. The molecule has 0 aromatic carbocycles. The number of aryl methyl sites for hydroxylation is 8. The zero-order chi connectivity index (χ0) is 23.9. The number of hydrogen-bond donors (Lipinski definition) is 0. The van der Waals surface area contributed by atoms with Gasteiger partial charge in [0.25, 0.3) is 0 Å². The van der Waals surface area contributed by atoms with Crippen molar-refractivity contribution < 1.29 is 0 Å². The van der Waals surface area contributed by atoms with Crippen LogP contribution in [0.4, 0.5) is 0 Å². The highest BCUT2D eigenvalue weighted by atomic mass is 14.9. The van der Waals surface area contributed by atoms with Crippen molar-refractivity contribution in [3.8, 4) is 0 Å². The molecule has 0 spiro atoms. The molecule has 0 N–H and O–H groups in total. The van der Waals surface area contributed by atoms with Gasteiger partial charge in [0.2, 0.25) is 0 Å². The maximum Gasteiger partial charge on any atom is 0.125 e. The molecule has 4 aromatic rings. The molecule has 0 unspecified atom stereocenters. The molecule has 0 bridgehead atoms. The van der Waals surface area contributed by atoms with Gasteiger partial charge in [0.1, 0.15) is 18.0 Å². The number of hydrogen-bond acceptors (Lipinski definition) is 8. The van der Waals surface area contributed by atoms with E-state index in [9.17, 15) is 0 Å². The second-order valence-corrected chi connectivity index (χ2v) is 7.09. The van der Waals surface area contributed by atoms with Crippen LogP contribution in [0, 0.1) is 55.4 Å². The third-order valence-corrected chi connectivity index (χ3v) is 3.65. The molecule has 0 amide bonds. The van der Waals surface area contributed by atoms with Crippen LogP contribution in [0.3, 0.4) is 0 Å². The molecule has 0 aliphatic rings. The van der Waals surface area contributed by atoms with E-state index >= 15 is 0 Å². The second-order valence-electron chi connectivity index (χ2n) is 7.09. The predicted octanol–water partition coefficient (Wildman–Crippen LogP) is 4.37. The maximum absolute atomic E-state index is 4.11. The molecule has 0 aliphatic carbocycles. The highest BCUT2D eigenvalue weighted by molar-refractivity contribution is 5.03. The van der Waals surface area contributed by atoms with E-state index in [4.69, 9.17) is 0 Å². The van der Waals surface area contributed by atoms with Crippen molar-refractivity contribution in [1.29, 1.82) is 0 Å². The van der Waals surface area contributed by atoms with Crippen molar-refractivity contribution >= 4 is 0 Å². The quantitative estimate of drug-likeness (QED) is 0.403. The Morgan fingerprint density at radius 1 is 0.469 bits per heavy atom. The molecular weight excluding hydrogens is 400 g/mol. The largest absolute Gasteiger partial charge is 0.261 e. The molecule has 8 heteroatoms. The van der Waals surface area contributed by atoms with Gasteiger partial charge in [-0.2, -0.15) is 0 Å². The van der Waals surface area contributed by atoms with E-state index in [0.717, 1.165) is 45.8 Å². The first kappa shape index (κ1) is 26.4. The van der Waals surface area contributed by atoms with Gasteiger partial charge >= 0.3 is 0 Å². The van der Waals surface area contributed by atoms with Crippen molar-refractivity contribution in [2.45, 2.75) is 55.4 Å². The van der Waals surface area contributed by atoms with Crippen LogP contribution in [0.5, 0.6) is 0 Å². The lowest BCUT2D eigenvalue weighted by Gasteiger charge is -1.89. The van der Waals surface area contributed by atoms with Gasteiger partial charge < -0.3 is 0 Å². The maximum atomic E-state index is 4.11. The second kappa shape index (κ2) is 14.3. The third kappa shape index (κ3) is 12.8. The topological polar surface area (TPSA) is 103 Å². The Hall–Kier alpha value is -3.68. The van der Waals surface area contributed by atoms with Crippen molar-refractivity contribution in [2.75, 3.05) is 0 Å². The summed E-state index contributed by atoms with van der Waals surface area (Å²) in [5, 5.41) is 0. The van der Waals surface area contributed by atoms with Gasteiger partial charge in [-0.15, -0.1) is 0 Å². The summed E-state index contributed by atoms with van der Waals surface area (Å²) >= 11 is 0. The van der Waals surface area contributed by atoms with E-state index < -0.39 is 0 Å². The lowest BCUT2D eigenvalue weighted by molar-refractivity contribution is 1.01. The number of rotatable bonds is 0. The van der Waals surface area contributed by atoms with Crippen molar-refractivity contribution in [2.24, 2.45) is 0 Å². The highest BCUT2D eigenvalue weighted by Crippen LogP contribution is 1.92. The molecule has 0 atom stereocenters. The van der Waals surface area contributed by atoms with Gasteiger partial charge in [-0.25, -0.2) is 29.9 Å². The molecule has 8 nitrogen and oxygen atoms in total. The minimum atomic E-state index is 0.838. The summed E-state index contributed by atoms with van der Waals surface area (Å²) in [5.74, 6) is 1.68. The van der Waals surface area contributed by atoms with E-state index in [1.165, 1.54) is 0 Å². The fraction of sp³-hybridized carbons (Fsp3) is 0.333. The summed E-state index contributed by atoms with van der Waals surface area (Å²) in [6.45, 7) is 15.4. The van der Waals surface area contributed by atoms with E-state index in [1.807, 2.05) is 73.6 Å². The first-order valence-corrected chi connectivity index (χ1v) is 10.2. The smallest absolute Gasteiger partial charge is 0.125 e. The van der Waals surface area contributed by atoms with Gasteiger partial charge in [0, 0.05) is 47.6 Å². The van der Waals surface area contributed by atoms with E-state index in [0.29, 0.717) is 0 Å². The van der Waals surface area contributed by atoms with Crippen LogP contribution in [0.15, 0.2) is 49.3 Å². The fourth-order valence-electron chi connectivity index (χ4n) is 2.33. The van der Waals surface area contributed by atoms with Crippen molar-refractivity contribution in [3.05, 3.63) is 95.1 Å². The van der Waals surface area contributed by atoms with Crippen LogP contribution in [0.2, 0.25) is 0 Å². The summed E-state index contributed by atoms with van der Waals surface area (Å²) < 4.78 is 0. The lowest BCUT2D eigenvalue weighted by Crippen LogP contribution is -1.86. The Labute approximate surface area is 190 Å². The van der Waals surface area contributed by atoms with Crippen LogP contribution in [-0.2, 0) is 0 Å². The average Bonchev–Trinajstić information content (AvgIpc) is 2.69. The average molecular weight is 433 g/mol. The minimum absolute atomic E-state index is 0.838. The molecule has 0 fully saturated rings. The SMILES string of the molecule is Cc1cc(C)ncn1.Cc1ccnc(C)n1.Cc1ccnc(C)n1.Cc1cncc(C)n1. The Morgan fingerprint density at radius 3 is 1.12 bits per heavy atom. The molecule has 0 saturated heterocycles. The van der Waals surface area contributed by atoms with Crippen LogP contribution in [0.25, 0.3) is 0 Å². The Balaban J connectivity index is 0.000000213. The zero-order valence-corrected chi connectivity index (χ0v) is 20.2. The molecule has 0 saturated carbocycles. The van der Waals surface area contributed by atoms with Gasteiger partial charge in [-0.05, 0) is 73.6 Å². The van der Waals surface area contributed by atoms with E-state index in [1.54, 1.807) is 31.1 Å². The Morgan fingerprint density at radius 2 is 0.906 bits per heavy atom. The monoisotopic (exact) mass is 432 g/mol. The van der Waals surface area contributed by atoms with Crippen LogP contribution < -0.4 is 0 Å². The predicted molar refractivity (Wildman–Crippen MR) is 126 cm³/mol. The Kier molecular flexibility index (Phi) is 11.8. The molecule has 4 rings (SSSR count). The summed E-state index contributed by atoms with van der Waals surface area (Å²) in [7, 11) is 0. The number of nitrogens with zero attached hydrogens (tertiary/aromatic N) is 8. The van der Waals surface area contributed by atoms with Gasteiger partial charge in [-0.1, -0.05) is 0 Å². The van der Waals surface area contributed by atoms with Crippen molar-refractivity contribution in [3.63, 3.8) is 0 Å². The third-order valence-electron chi connectivity index (χ3n) is 3.65. The molecule has 168 valence electrons. The van der Waals surface area contributed by atoms with Crippen LogP contribution in [-0.4, -0.2) is 39.9 Å². The lowest BCUT2D eigenvalue weighted by atomic mass is 10.4. The molecule has 32 heavy (non-hydrogen) atoms. The van der Waals surface area contributed by atoms with Crippen LogP contribution in [0.1, 0.15) is 45.8 Å². The summed E-state index contributed by atoms with van der Waals surface area (Å²) in [6, 6.07) is 5.71. The van der Waals surface area contributed by atoms with E-state index in [2.05, 4.69) is 39.9 Å². The van der Waals surface area contributed by atoms with E-state index in [-0.39, 0.29) is 0 Å². The number of aromatic nitrogens is 8. The molecule has 4 heterocycles. The molecular formula is C24H32N8. The zero-order valence-electron chi connectivity index (χ0n) is 20.2. The van der Waals surface area contributed by atoms with Gasteiger partial charge in [0.15, 0.2) is 0 Å². The standard InChI is InChI=1S/4C6H8N2/c1-5-3-7-4-6(2)8-5;1-5-3-6(2)8-4-7-5;2*1-5-3-4-7-6(2)8-5/h4*3-4H,1-2H3. The first-order valence-electron chi connectivity index (χ1n) is 10.2. The Bertz CT molecular complexity index is 840. The minimum Gasteiger partial charge on any atom is -0.261 e. The summed E-state index contributed by atoms with van der Waals surface area (Å²) in [5.41, 5.74) is 6.06. The molecule has 0 aliphatic heterocycles.